The van der Waals surface area contributed by atoms with Gasteiger partial charge in [-0.1, -0.05) is 17.7 Å². The maximum absolute atomic E-state index is 11.7. The smallest absolute Gasteiger partial charge is 0.260 e. The molecule has 2 amide bonds. The first-order valence-electron chi connectivity index (χ1n) is 5.93. The van der Waals surface area contributed by atoms with Gasteiger partial charge in [-0.05, 0) is 25.1 Å². The number of carbonyl (C=O) groups excluding carboxylic acids is 2. The lowest BCUT2D eigenvalue weighted by molar-refractivity contribution is -0.127. The summed E-state index contributed by atoms with van der Waals surface area (Å²) >= 11 is 5.82. The maximum Gasteiger partial charge on any atom is 0.260 e. The van der Waals surface area contributed by atoms with Crippen molar-refractivity contribution >= 4 is 23.4 Å². The normalized spacial score (nSPS) is 11.5. The Bertz CT molecular complexity index is 451. The molecule has 0 saturated heterocycles. The van der Waals surface area contributed by atoms with Crippen molar-refractivity contribution in [2.75, 3.05) is 13.6 Å². The van der Waals surface area contributed by atoms with Crippen molar-refractivity contribution in [2.45, 2.75) is 19.4 Å². The molecule has 0 unspecified atom stereocenters. The summed E-state index contributed by atoms with van der Waals surface area (Å²) in [4.78, 5) is 22.7. The highest BCUT2D eigenvalue weighted by atomic mass is 35.5. The van der Waals surface area contributed by atoms with Gasteiger partial charge < -0.3 is 15.4 Å². The molecule has 1 rings (SSSR count). The van der Waals surface area contributed by atoms with Crippen LogP contribution in [0.5, 0.6) is 5.75 Å². The average Bonchev–Trinajstić information content (AvgIpc) is 2.38. The van der Waals surface area contributed by atoms with Crippen molar-refractivity contribution < 1.29 is 14.3 Å². The topological polar surface area (TPSA) is 67.4 Å². The molecule has 6 heteroatoms. The molecule has 104 valence electrons. The molecule has 19 heavy (non-hydrogen) atoms. The van der Waals surface area contributed by atoms with E-state index in [1.165, 1.54) is 0 Å². The van der Waals surface area contributed by atoms with Crippen LogP contribution < -0.4 is 15.4 Å². The van der Waals surface area contributed by atoms with E-state index in [2.05, 4.69) is 10.6 Å². The Morgan fingerprint density at radius 2 is 2.16 bits per heavy atom. The van der Waals surface area contributed by atoms with Crippen LogP contribution in [0.3, 0.4) is 0 Å². The zero-order chi connectivity index (χ0) is 14.3. The number of hydrogen-bond donors (Lipinski definition) is 2. The molecule has 2 N–H and O–H groups in total. The summed E-state index contributed by atoms with van der Waals surface area (Å²) in [5.41, 5.74) is 0. The Morgan fingerprint density at radius 1 is 1.42 bits per heavy atom. The highest BCUT2D eigenvalue weighted by Crippen LogP contribution is 2.18. The number of halogens is 1. The van der Waals surface area contributed by atoms with E-state index < -0.39 is 6.10 Å². The van der Waals surface area contributed by atoms with Crippen molar-refractivity contribution in [3.63, 3.8) is 0 Å². The van der Waals surface area contributed by atoms with Gasteiger partial charge in [0.2, 0.25) is 5.91 Å². The van der Waals surface area contributed by atoms with Crippen LogP contribution >= 0.6 is 11.6 Å². The fourth-order valence-corrected chi connectivity index (χ4v) is 1.55. The summed E-state index contributed by atoms with van der Waals surface area (Å²) in [5.74, 6) is 0.133. The molecule has 0 bridgehead atoms. The summed E-state index contributed by atoms with van der Waals surface area (Å²) in [5, 5.41) is 5.65. The molecule has 1 atom stereocenters. The van der Waals surface area contributed by atoms with E-state index in [0.717, 1.165) is 0 Å². The monoisotopic (exact) mass is 284 g/mol. The first-order valence-corrected chi connectivity index (χ1v) is 6.31. The van der Waals surface area contributed by atoms with Gasteiger partial charge in [-0.3, -0.25) is 9.59 Å². The molecule has 0 spiro atoms. The molecule has 0 aliphatic carbocycles. The number of hydrogen-bond acceptors (Lipinski definition) is 3. The summed E-state index contributed by atoms with van der Waals surface area (Å²) in [6.07, 6.45) is -0.408. The predicted molar refractivity (Wildman–Crippen MR) is 73.2 cm³/mol. The van der Waals surface area contributed by atoms with E-state index in [1.54, 1.807) is 38.2 Å². The quantitative estimate of drug-likeness (QED) is 0.829. The Labute approximate surface area is 117 Å². The molecule has 0 aliphatic rings. The summed E-state index contributed by atoms with van der Waals surface area (Å²) < 4.78 is 5.44. The van der Waals surface area contributed by atoms with Crippen LogP contribution in [0.25, 0.3) is 0 Å². The van der Waals surface area contributed by atoms with Crippen LogP contribution in [0.15, 0.2) is 24.3 Å². The molecule has 0 fully saturated rings. The minimum absolute atomic E-state index is 0.122. The number of nitrogens with one attached hydrogen (secondary N) is 2. The highest BCUT2D eigenvalue weighted by molar-refractivity contribution is 6.30. The predicted octanol–water partition coefficient (Wildman–Crippen LogP) is 1.36. The summed E-state index contributed by atoms with van der Waals surface area (Å²) in [7, 11) is 1.55. The maximum atomic E-state index is 11.7. The molecular weight excluding hydrogens is 268 g/mol. The van der Waals surface area contributed by atoms with Crippen LogP contribution in [0, 0.1) is 0 Å². The molecule has 1 aromatic rings. The van der Waals surface area contributed by atoms with Gasteiger partial charge in [0.25, 0.3) is 5.91 Å². The fraction of sp³-hybridized carbons (Fsp3) is 0.385. The molecule has 0 aliphatic heterocycles. The second kappa shape index (κ2) is 7.63. The van der Waals surface area contributed by atoms with Gasteiger partial charge in [0.15, 0.2) is 6.10 Å². The molecule has 0 radical (unpaired) electrons. The van der Waals surface area contributed by atoms with Gasteiger partial charge >= 0.3 is 0 Å². The van der Waals surface area contributed by atoms with Gasteiger partial charge in [0.05, 0.1) is 0 Å². The minimum Gasteiger partial charge on any atom is -0.481 e. The van der Waals surface area contributed by atoms with Crippen LogP contribution in [-0.2, 0) is 9.59 Å². The lowest BCUT2D eigenvalue weighted by Crippen LogP contribution is -2.38. The van der Waals surface area contributed by atoms with Crippen LogP contribution in [0.4, 0.5) is 0 Å². The van der Waals surface area contributed by atoms with Crippen LogP contribution in [0.1, 0.15) is 13.3 Å². The van der Waals surface area contributed by atoms with Gasteiger partial charge in [-0.15, -0.1) is 0 Å². The van der Waals surface area contributed by atoms with Crippen molar-refractivity contribution in [1.82, 2.24) is 10.6 Å². The minimum atomic E-state index is -0.650. The third-order valence-electron chi connectivity index (χ3n) is 2.41. The van der Waals surface area contributed by atoms with Crippen molar-refractivity contribution in [3.05, 3.63) is 29.3 Å². The third kappa shape index (κ3) is 5.61. The van der Waals surface area contributed by atoms with Gasteiger partial charge in [0, 0.05) is 25.0 Å². The van der Waals surface area contributed by atoms with Crippen molar-refractivity contribution in [1.29, 1.82) is 0 Å². The summed E-state index contributed by atoms with van der Waals surface area (Å²) in [6.45, 7) is 1.91. The standard InChI is InChI=1S/C13H17ClN2O3/c1-9(13(18)16-7-6-12(17)15-2)19-11-5-3-4-10(14)8-11/h3-5,8-9H,6-7H2,1-2H3,(H,15,17)(H,16,18)/t9-/m1/s1. The van der Waals surface area contributed by atoms with E-state index in [4.69, 9.17) is 16.3 Å². The van der Waals surface area contributed by atoms with E-state index >= 15 is 0 Å². The average molecular weight is 285 g/mol. The first-order chi connectivity index (χ1) is 9.02. The molecular formula is C13H17ClN2O3. The van der Waals surface area contributed by atoms with Crippen molar-refractivity contribution in [3.8, 4) is 5.75 Å². The zero-order valence-corrected chi connectivity index (χ0v) is 11.7. The first kappa shape index (κ1) is 15.3. The van der Waals surface area contributed by atoms with Crippen LogP contribution in [-0.4, -0.2) is 31.5 Å². The lowest BCUT2D eigenvalue weighted by atomic mass is 10.3. The van der Waals surface area contributed by atoms with Gasteiger partial charge in [-0.2, -0.15) is 0 Å². The molecule has 5 nitrogen and oxygen atoms in total. The second-order valence-corrected chi connectivity index (χ2v) is 4.37. The SMILES string of the molecule is CNC(=O)CCNC(=O)[C@@H](C)Oc1cccc(Cl)c1. The summed E-state index contributed by atoms with van der Waals surface area (Å²) in [6, 6.07) is 6.83. The molecule has 0 heterocycles. The van der Waals surface area contributed by atoms with Crippen molar-refractivity contribution in [2.24, 2.45) is 0 Å². The Hall–Kier alpha value is -1.75. The fourth-order valence-electron chi connectivity index (χ4n) is 1.37. The zero-order valence-electron chi connectivity index (χ0n) is 10.9. The molecule has 0 saturated carbocycles. The largest absolute Gasteiger partial charge is 0.481 e. The Balaban J connectivity index is 2.38. The Morgan fingerprint density at radius 3 is 2.79 bits per heavy atom. The highest BCUT2D eigenvalue weighted by Gasteiger charge is 2.14. The van der Waals surface area contributed by atoms with E-state index in [-0.39, 0.29) is 24.8 Å². The molecule has 0 aromatic heterocycles. The Kier molecular flexibility index (Phi) is 6.15. The van der Waals surface area contributed by atoms with Gasteiger partial charge in [-0.25, -0.2) is 0 Å². The number of rotatable bonds is 6. The van der Waals surface area contributed by atoms with E-state index in [1.807, 2.05) is 0 Å². The second-order valence-electron chi connectivity index (χ2n) is 3.93. The number of carbonyl (C=O) groups is 2. The number of amides is 2. The van der Waals surface area contributed by atoms with Gasteiger partial charge in [0.1, 0.15) is 5.75 Å². The molecule has 1 aromatic carbocycles. The van der Waals surface area contributed by atoms with Crippen LogP contribution in [0.2, 0.25) is 5.02 Å². The lowest BCUT2D eigenvalue weighted by Gasteiger charge is -2.14. The number of benzene rings is 1. The number of ether oxygens (including phenoxy) is 1. The third-order valence-corrected chi connectivity index (χ3v) is 2.64. The van der Waals surface area contributed by atoms with E-state index in [0.29, 0.717) is 10.8 Å². The van der Waals surface area contributed by atoms with E-state index in [9.17, 15) is 9.59 Å².